The molecule has 3 aromatic rings. The van der Waals surface area contributed by atoms with Crippen LogP contribution in [0, 0.1) is 25.6 Å². The second-order valence-corrected chi connectivity index (χ2v) is 8.21. The van der Waals surface area contributed by atoms with Crippen LogP contribution in [0.1, 0.15) is 28.2 Å². The molecule has 2 fully saturated rings. The van der Waals surface area contributed by atoms with Crippen molar-refractivity contribution in [2.75, 3.05) is 24.5 Å². The van der Waals surface area contributed by atoms with Crippen LogP contribution < -0.4 is 4.90 Å². The number of carbonyl (C=O) groups excluding carboxylic acids is 1. The number of likely N-dealkylation sites (tertiary alicyclic amines) is 1. The van der Waals surface area contributed by atoms with E-state index in [1.807, 2.05) is 19.9 Å². The Kier molecular flexibility index (Phi) is 4.84. The Bertz CT molecular complexity index is 1120. The lowest BCUT2D eigenvalue weighted by atomic mass is 9.82. The third-order valence-corrected chi connectivity index (χ3v) is 6.10. The van der Waals surface area contributed by atoms with Gasteiger partial charge in [0.05, 0.1) is 11.6 Å². The van der Waals surface area contributed by atoms with E-state index >= 15 is 0 Å². The summed E-state index contributed by atoms with van der Waals surface area (Å²) in [7, 11) is 0. The lowest BCUT2D eigenvalue weighted by molar-refractivity contribution is 0.0585. The van der Waals surface area contributed by atoms with Crippen molar-refractivity contribution in [2.24, 2.45) is 5.92 Å². The van der Waals surface area contributed by atoms with Crippen LogP contribution >= 0.6 is 0 Å². The second-order valence-electron chi connectivity index (χ2n) is 8.21. The molecule has 0 N–H and O–H groups in total. The van der Waals surface area contributed by atoms with Crippen molar-refractivity contribution in [3.05, 3.63) is 65.5 Å². The van der Waals surface area contributed by atoms with E-state index in [1.165, 1.54) is 6.07 Å². The summed E-state index contributed by atoms with van der Waals surface area (Å²) in [5, 5.41) is 0. The van der Waals surface area contributed by atoms with Crippen molar-refractivity contribution in [3.63, 3.8) is 0 Å². The van der Waals surface area contributed by atoms with Gasteiger partial charge in [-0.1, -0.05) is 12.1 Å². The highest BCUT2D eigenvalue weighted by Crippen LogP contribution is 2.36. The summed E-state index contributed by atoms with van der Waals surface area (Å²) >= 11 is 0. The Morgan fingerprint density at radius 3 is 2.55 bits per heavy atom. The molecule has 7 nitrogen and oxygen atoms in total. The van der Waals surface area contributed by atoms with E-state index < -0.39 is 5.82 Å². The number of carbonyl (C=O) groups is 1. The Morgan fingerprint density at radius 2 is 1.81 bits per heavy atom. The standard InChI is InChI=1S/C23H23FN6O/c1-14-11-15(2)28-23(27-14)30-12-16-7-10-29(13-19(16)30)22(31)20-17(5-3-6-18(20)24)21-25-8-4-9-26-21/h3-6,8-9,11,16,19H,7,10,12-13H2,1-2H3/t16-,19-/m0/s1. The molecular formula is C23H23FN6O. The van der Waals surface area contributed by atoms with Gasteiger partial charge in [0.15, 0.2) is 5.82 Å². The first-order valence-corrected chi connectivity index (χ1v) is 10.5. The maximum atomic E-state index is 14.8. The molecule has 0 radical (unpaired) electrons. The lowest BCUT2D eigenvalue weighted by Gasteiger charge is -2.53. The molecule has 1 amide bonds. The number of amides is 1. The first-order chi connectivity index (χ1) is 15.0. The van der Waals surface area contributed by atoms with Gasteiger partial charge in [-0.25, -0.2) is 24.3 Å². The van der Waals surface area contributed by atoms with E-state index in [1.54, 1.807) is 35.5 Å². The minimum Gasteiger partial charge on any atom is -0.336 e. The maximum Gasteiger partial charge on any atom is 0.257 e. The van der Waals surface area contributed by atoms with Crippen LogP contribution in [0.15, 0.2) is 42.7 Å². The maximum absolute atomic E-state index is 14.8. The Balaban J connectivity index is 1.42. The largest absolute Gasteiger partial charge is 0.336 e. The fraction of sp³-hybridized carbons (Fsp3) is 0.348. The van der Waals surface area contributed by atoms with Gasteiger partial charge < -0.3 is 9.80 Å². The third-order valence-electron chi connectivity index (χ3n) is 6.10. The molecule has 0 bridgehead atoms. The highest BCUT2D eigenvalue weighted by atomic mass is 19.1. The van der Waals surface area contributed by atoms with Crippen molar-refractivity contribution in [2.45, 2.75) is 26.3 Å². The average Bonchev–Trinajstić information content (AvgIpc) is 2.74. The van der Waals surface area contributed by atoms with Crippen LogP contribution in [0.5, 0.6) is 0 Å². The Morgan fingerprint density at radius 1 is 1.06 bits per heavy atom. The molecule has 2 aliphatic heterocycles. The zero-order valence-electron chi connectivity index (χ0n) is 17.5. The molecule has 2 aromatic heterocycles. The summed E-state index contributed by atoms with van der Waals surface area (Å²) in [5.41, 5.74) is 2.29. The van der Waals surface area contributed by atoms with E-state index in [9.17, 15) is 9.18 Å². The second kappa shape index (κ2) is 7.68. The van der Waals surface area contributed by atoms with Gasteiger partial charge in [0.1, 0.15) is 5.82 Å². The highest BCUT2D eigenvalue weighted by molar-refractivity contribution is 6.00. The summed E-state index contributed by atoms with van der Waals surface area (Å²) in [6.07, 6.45) is 4.05. The van der Waals surface area contributed by atoms with Crippen LogP contribution in [0.4, 0.5) is 10.3 Å². The molecule has 158 valence electrons. The van der Waals surface area contributed by atoms with Crippen LogP contribution in [0.2, 0.25) is 0 Å². The molecule has 2 aliphatic rings. The monoisotopic (exact) mass is 418 g/mol. The van der Waals surface area contributed by atoms with Gasteiger partial charge in [-0.2, -0.15) is 0 Å². The number of aromatic nitrogens is 4. The number of anilines is 1. The molecular weight excluding hydrogens is 395 g/mol. The Hall–Kier alpha value is -3.42. The molecule has 2 saturated heterocycles. The average molecular weight is 418 g/mol. The lowest BCUT2D eigenvalue weighted by Crippen LogP contribution is -2.65. The Labute approximate surface area is 180 Å². The quantitative estimate of drug-likeness (QED) is 0.651. The van der Waals surface area contributed by atoms with Crippen molar-refractivity contribution >= 4 is 11.9 Å². The minimum atomic E-state index is -0.555. The number of aryl methyl sites for hydroxylation is 2. The smallest absolute Gasteiger partial charge is 0.257 e. The van der Waals surface area contributed by atoms with Gasteiger partial charge in [0.2, 0.25) is 5.95 Å². The summed E-state index contributed by atoms with van der Waals surface area (Å²) in [4.78, 5) is 34.9. The number of benzene rings is 1. The fourth-order valence-electron chi connectivity index (χ4n) is 4.57. The zero-order valence-corrected chi connectivity index (χ0v) is 17.5. The van der Waals surface area contributed by atoms with Gasteiger partial charge in [0.25, 0.3) is 5.91 Å². The number of piperidine rings is 1. The summed E-state index contributed by atoms with van der Waals surface area (Å²) < 4.78 is 14.8. The number of hydrogen-bond acceptors (Lipinski definition) is 6. The SMILES string of the molecule is Cc1cc(C)nc(N2C[C@@H]3CCN(C(=O)c4c(F)cccc4-c4ncccn4)C[C@@H]32)n1. The van der Waals surface area contributed by atoms with Crippen LogP contribution in [0.25, 0.3) is 11.4 Å². The summed E-state index contributed by atoms with van der Waals surface area (Å²) in [6.45, 7) is 5.92. The van der Waals surface area contributed by atoms with E-state index in [4.69, 9.17) is 0 Å². The van der Waals surface area contributed by atoms with Gasteiger partial charge in [-0.15, -0.1) is 0 Å². The van der Waals surface area contributed by atoms with E-state index in [2.05, 4.69) is 24.8 Å². The molecule has 31 heavy (non-hydrogen) atoms. The molecule has 0 aliphatic carbocycles. The normalized spacial score (nSPS) is 20.2. The van der Waals surface area contributed by atoms with E-state index in [-0.39, 0.29) is 17.5 Å². The van der Waals surface area contributed by atoms with Crippen LogP contribution in [-0.4, -0.2) is 56.4 Å². The molecule has 5 rings (SSSR count). The first kappa shape index (κ1) is 19.5. The third kappa shape index (κ3) is 3.52. The van der Waals surface area contributed by atoms with E-state index in [0.29, 0.717) is 36.3 Å². The summed E-state index contributed by atoms with van der Waals surface area (Å²) in [5.74, 6) is 0.657. The molecule has 0 spiro atoms. The predicted molar refractivity (Wildman–Crippen MR) is 114 cm³/mol. The highest BCUT2D eigenvalue weighted by Gasteiger charge is 2.45. The molecule has 1 aromatic carbocycles. The van der Waals surface area contributed by atoms with Crippen molar-refractivity contribution in [1.82, 2.24) is 24.8 Å². The van der Waals surface area contributed by atoms with Gasteiger partial charge >= 0.3 is 0 Å². The molecule has 4 heterocycles. The van der Waals surface area contributed by atoms with Gasteiger partial charge in [-0.05, 0) is 38.5 Å². The van der Waals surface area contributed by atoms with Gasteiger partial charge in [-0.3, -0.25) is 4.79 Å². The van der Waals surface area contributed by atoms with E-state index in [0.717, 1.165) is 24.4 Å². The van der Waals surface area contributed by atoms with Crippen molar-refractivity contribution in [3.8, 4) is 11.4 Å². The topological polar surface area (TPSA) is 75.1 Å². The number of fused-ring (bicyclic) bond motifs is 1. The first-order valence-electron chi connectivity index (χ1n) is 10.5. The number of rotatable bonds is 3. The number of hydrogen-bond donors (Lipinski definition) is 0. The number of nitrogens with zero attached hydrogens (tertiary/aromatic N) is 6. The van der Waals surface area contributed by atoms with Crippen molar-refractivity contribution in [1.29, 1.82) is 0 Å². The van der Waals surface area contributed by atoms with Crippen molar-refractivity contribution < 1.29 is 9.18 Å². The molecule has 8 heteroatoms. The number of halogens is 1. The molecule has 0 unspecified atom stereocenters. The van der Waals surface area contributed by atoms with Gasteiger partial charge in [0, 0.05) is 54.9 Å². The van der Waals surface area contributed by atoms with Crippen LogP contribution in [-0.2, 0) is 0 Å². The summed E-state index contributed by atoms with van der Waals surface area (Å²) in [6, 6.07) is 8.36. The molecule has 2 atom stereocenters. The van der Waals surface area contributed by atoms with Crippen LogP contribution in [0.3, 0.4) is 0 Å². The minimum absolute atomic E-state index is 0.0284. The fourth-order valence-corrected chi connectivity index (χ4v) is 4.57. The predicted octanol–water partition coefficient (Wildman–Crippen LogP) is 3.04. The molecule has 0 saturated carbocycles. The zero-order chi connectivity index (χ0) is 21.5.